The number of alkyl carbamates (subject to hydrolysis) is 1. The van der Waals surface area contributed by atoms with Crippen LogP contribution in [-0.2, 0) is 16.1 Å². The van der Waals surface area contributed by atoms with E-state index >= 15 is 0 Å². The van der Waals surface area contributed by atoms with Gasteiger partial charge >= 0.3 is 12.2 Å². The van der Waals surface area contributed by atoms with Gasteiger partial charge in [-0.05, 0) is 39.2 Å². The summed E-state index contributed by atoms with van der Waals surface area (Å²) in [6.45, 7) is 8.85. The van der Waals surface area contributed by atoms with Crippen LogP contribution in [0.15, 0.2) is 30.3 Å². The maximum absolute atomic E-state index is 12.4. The van der Waals surface area contributed by atoms with E-state index in [9.17, 15) is 9.59 Å². The third kappa shape index (κ3) is 5.86. The van der Waals surface area contributed by atoms with E-state index in [1.807, 2.05) is 51.1 Å². The molecule has 0 radical (unpaired) electrons. The fraction of sp³-hybridized carbons (Fsp3) is 0.619. The van der Waals surface area contributed by atoms with Crippen molar-refractivity contribution >= 4 is 12.2 Å². The van der Waals surface area contributed by atoms with Crippen molar-refractivity contribution in [3.63, 3.8) is 0 Å². The van der Waals surface area contributed by atoms with E-state index in [1.54, 1.807) is 4.90 Å². The fourth-order valence-corrected chi connectivity index (χ4v) is 3.61. The zero-order chi connectivity index (χ0) is 20.1. The number of carbonyl (C=O) groups is 2. The van der Waals surface area contributed by atoms with Crippen LogP contribution >= 0.6 is 0 Å². The Morgan fingerprint density at radius 1 is 1.14 bits per heavy atom. The number of likely N-dealkylation sites (tertiary alicyclic amines) is 2. The van der Waals surface area contributed by atoms with Gasteiger partial charge in [-0.3, -0.25) is 4.90 Å². The molecule has 154 valence electrons. The lowest BCUT2D eigenvalue weighted by molar-refractivity contribution is 0.0129. The van der Waals surface area contributed by atoms with E-state index in [0.29, 0.717) is 19.2 Å². The molecule has 2 saturated heterocycles. The van der Waals surface area contributed by atoms with Crippen LogP contribution in [0.4, 0.5) is 9.59 Å². The quantitative estimate of drug-likeness (QED) is 0.857. The fourth-order valence-electron chi connectivity index (χ4n) is 3.61. The number of carbonyl (C=O) groups excluding carboxylic acids is 2. The molecule has 7 heteroatoms. The Morgan fingerprint density at radius 2 is 1.86 bits per heavy atom. The van der Waals surface area contributed by atoms with Gasteiger partial charge in [-0.15, -0.1) is 0 Å². The summed E-state index contributed by atoms with van der Waals surface area (Å²) in [7, 11) is 0. The summed E-state index contributed by atoms with van der Waals surface area (Å²) in [5, 5.41) is 2.91. The van der Waals surface area contributed by atoms with Crippen LogP contribution in [0.5, 0.6) is 0 Å². The number of hydrogen-bond acceptors (Lipinski definition) is 5. The minimum absolute atomic E-state index is 0.107. The van der Waals surface area contributed by atoms with Crippen molar-refractivity contribution in [1.29, 1.82) is 0 Å². The number of ether oxygens (including phenoxy) is 2. The number of amides is 2. The van der Waals surface area contributed by atoms with Gasteiger partial charge in [0.25, 0.3) is 0 Å². The molecule has 2 fully saturated rings. The molecule has 0 spiro atoms. The monoisotopic (exact) mass is 389 g/mol. The van der Waals surface area contributed by atoms with Gasteiger partial charge in [-0.2, -0.15) is 0 Å². The van der Waals surface area contributed by atoms with Crippen LogP contribution in [-0.4, -0.2) is 65.9 Å². The van der Waals surface area contributed by atoms with Crippen molar-refractivity contribution in [3.8, 4) is 0 Å². The molecule has 0 aliphatic carbocycles. The minimum Gasteiger partial charge on any atom is -0.445 e. The summed E-state index contributed by atoms with van der Waals surface area (Å²) in [6, 6.07) is 10.1. The van der Waals surface area contributed by atoms with Crippen molar-refractivity contribution < 1.29 is 19.1 Å². The molecule has 0 unspecified atom stereocenters. The molecule has 0 bridgehead atoms. The van der Waals surface area contributed by atoms with Crippen LogP contribution in [0.2, 0.25) is 0 Å². The summed E-state index contributed by atoms with van der Waals surface area (Å²) in [4.78, 5) is 28.4. The average Bonchev–Trinajstić information content (AvgIpc) is 2.62. The predicted molar refractivity (Wildman–Crippen MR) is 106 cm³/mol. The van der Waals surface area contributed by atoms with Crippen molar-refractivity contribution in [2.75, 3.05) is 26.2 Å². The van der Waals surface area contributed by atoms with E-state index < -0.39 is 5.60 Å². The van der Waals surface area contributed by atoms with Crippen molar-refractivity contribution in [1.82, 2.24) is 15.1 Å². The molecular weight excluding hydrogens is 358 g/mol. The average molecular weight is 389 g/mol. The van der Waals surface area contributed by atoms with Gasteiger partial charge in [-0.25, -0.2) is 9.59 Å². The Morgan fingerprint density at radius 3 is 2.54 bits per heavy atom. The second-order valence-electron chi connectivity index (χ2n) is 8.58. The van der Waals surface area contributed by atoms with Crippen LogP contribution in [0.25, 0.3) is 0 Å². The van der Waals surface area contributed by atoms with Gasteiger partial charge in [0, 0.05) is 32.2 Å². The van der Waals surface area contributed by atoms with Crippen molar-refractivity contribution in [2.45, 2.75) is 57.9 Å². The maximum atomic E-state index is 12.4. The highest BCUT2D eigenvalue weighted by atomic mass is 16.6. The lowest BCUT2D eigenvalue weighted by Gasteiger charge is -2.47. The Labute approximate surface area is 167 Å². The molecule has 2 heterocycles. The van der Waals surface area contributed by atoms with Gasteiger partial charge in [0.05, 0.1) is 6.04 Å². The second kappa shape index (κ2) is 8.82. The molecule has 3 rings (SSSR count). The zero-order valence-corrected chi connectivity index (χ0v) is 17.0. The Bertz CT molecular complexity index is 668. The van der Waals surface area contributed by atoms with Gasteiger partial charge < -0.3 is 19.7 Å². The van der Waals surface area contributed by atoms with E-state index in [4.69, 9.17) is 9.47 Å². The lowest BCUT2D eigenvalue weighted by Crippen LogP contribution is -2.65. The van der Waals surface area contributed by atoms with Crippen LogP contribution in [0, 0.1) is 0 Å². The van der Waals surface area contributed by atoms with Crippen LogP contribution in [0.1, 0.15) is 39.2 Å². The third-order valence-electron chi connectivity index (χ3n) is 5.01. The SMILES string of the molecule is CC(C)(C)OC(=O)NC1CN([C@H]2CCCN(C(=O)OCc3ccccc3)C2)C1. The van der Waals surface area contributed by atoms with E-state index in [-0.39, 0.29) is 18.2 Å². The lowest BCUT2D eigenvalue weighted by atomic mass is 9.98. The number of nitrogens with zero attached hydrogens (tertiary/aromatic N) is 2. The zero-order valence-electron chi connectivity index (χ0n) is 17.0. The Balaban J connectivity index is 1.39. The largest absolute Gasteiger partial charge is 0.445 e. The standard InChI is InChI=1S/C21H31N3O4/c1-21(2,3)28-19(25)22-17-12-24(13-17)18-10-7-11-23(14-18)20(26)27-15-16-8-5-4-6-9-16/h4-6,8-9,17-18H,7,10-15H2,1-3H3,(H,22,25)/t18-/m0/s1. The van der Waals surface area contributed by atoms with E-state index in [0.717, 1.165) is 38.0 Å². The molecule has 2 amide bonds. The summed E-state index contributed by atoms with van der Waals surface area (Å²) in [6.07, 6.45) is 1.40. The molecule has 2 aliphatic rings. The molecule has 1 atom stereocenters. The summed E-state index contributed by atoms with van der Waals surface area (Å²) >= 11 is 0. The Kier molecular flexibility index (Phi) is 6.44. The molecule has 28 heavy (non-hydrogen) atoms. The smallest absolute Gasteiger partial charge is 0.410 e. The molecule has 0 aromatic heterocycles. The van der Waals surface area contributed by atoms with Gasteiger partial charge in [0.1, 0.15) is 12.2 Å². The number of piperidine rings is 1. The summed E-state index contributed by atoms with van der Waals surface area (Å²) in [5.74, 6) is 0. The number of benzene rings is 1. The molecule has 1 N–H and O–H groups in total. The maximum Gasteiger partial charge on any atom is 0.410 e. The first-order valence-corrected chi connectivity index (χ1v) is 9.99. The minimum atomic E-state index is -0.489. The normalized spacial score (nSPS) is 21.0. The van der Waals surface area contributed by atoms with E-state index in [2.05, 4.69) is 10.2 Å². The van der Waals surface area contributed by atoms with Crippen LogP contribution in [0.3, 0.4) is 0 Å². The topological polar surface area (TPSA) is 71.1 Å². The van der Waals surface area contributed by atoms with Gasteiger partial charge in [-0.1, -0.05) is 30.3 Å². The molecule has 7 nitrogen and oxygen atoms in total. The first-order chi connectivity index (χ1) is 13.3. The molecule has 1 aromatic rings. The summed E-state index contributed by atoms with van der Waals surface area (Å²) in [5.41, 5.74) is 0.500. The number of nitrogens with one attached hydrogen (secondary N) is 1. The molecule has 1 aromatic carbocycles. The first-order valence-electron chi connectivity index (χ1n) is 9.99. The van der Waals surface area contributed by atoms with Crippen molar-refractivity contribution in [2.24, 2.45) is 0 Å². The molecule has 2 aliphatic heterocycles. The third-order valence-corrected chi connectivity index (χ3v) is 5.01. The number of hydrogen-bond donors (Lipinski definition) is 1. The van der Waals surface area contributed by atoms with Gasteiger partial charge in [0.15, 0.2) is 0 Å². The van der Waals surface area contributed by atoms with E-state index in [1.165, 1.54) is 0 Å². The van der Waals surface area contributed by atoms with Crippen molar-refractivity contribution in [3.05, 3.63) is 35.9 Å². The highest BCUT2D eigenvalue weighted by Gasteiger charge is 2.37. The predicted octanol–water partition coefficient (Wildman–Crippen LogP) is 3.00. The molecular formula is C21H31N3O4. The highest BCUT2D eigenvalue weighted by molar-refractivity contribution is 5.68. The summed E-state index contributed by atoms with van der Waals surface area (Å²) < 4.78 is 10.8. The van der Waals surface area contributed by atoms with Crippen LogP contribution < -0.4 is 5.32 Å². The molecule has 0 saturated carbocycles. The highest BCUT2D eigenvalue weighted by Crippen LogP contribution is 2.22. The van der Waals surface area contributed by atoms with Gasteiger partial charge in [0.2, 0.25) is 0 Å². The second-order valence-corrected chi connectivity index (χ2v) is 8.58. The first kappa shape index (κ1) is 20.5. The Hall–Kier alpha value is -2.28. The number of rotatable bonds is 4.